The van der Waals surface area contributed by atoms with Crippen LogP contribution in [0.2, 0.25) is 0 Å². The number of aliphatic hydroxyl groups is 1. The summed E-state index contributed by atoms with van der Waals surface area (Å²) in [4.78, 5) is 0. The van der Waals surface area contributed by atoms with Gasteiger partial charge in [-0.25, -0.2) is 0 Å². The second kappa shape index (κ2) is 5.71. The minimum atomic E-state index is -0.487. The van der Waals surface area contributed by atoms with Gasteiger partial charge in [0, 0.05) is 11.5 Å². The van der Waals surface area contributed by atoms with Gasteiger partial charge in [0.2, 0.25) is 0 Å². The first kappa shape index (κ1) is 12.0. The number of thioether (sulfide) groups is 1. The van der Waals surface area contributed by atoms with Gasteiger partial charge >= 0.3 is 0 Å². The minimum absolute atomic E-state index is 0.0501. The third kappa shape index (κ3) is 2.78. The summed E-state index contributed by atoms with van der Waals surface area (Å²) < 4.78 is 5.60. The molecule has 1 saturated heterocycles. The molecule has 1 aromatic carbocycles. The molecule has 2 unspecified atom stereocenters. The summed E-state index contributed by atoms with van der Waals surface area (Å²) in [5, 5.41) is 10.2. The van der Waals surface area contributed by atoms with E-state index in [4.69, 9.17) is 4.74 Å². The highest BCUT2D eigenvalue weighted by Crippen LogP contribution is 2.25. The Morgan fingerprint density at radius 2 is 2.44 bits per heavy atom. The molecule has 16 heavy (non-hydrogen) atoms. The van der Waals surface area contributed by atoms with Gasteiger partial charge in [0.15, 0.2) is 0 Å². The Bertz CT molecular complexity index is 334. The molecular weight excluding hydrogens is 220 g/mol. The van der Waals surface area contributed by atoms with Crippen molar-refractivity contribution in [3.63, 3.8) is 0 Å². The molecule has 0 spiro atoms. The molecule has 2 atom stereocenters. The van der Waals surface area contributed by atoms with Gasteiger partial charge in [-0.3, -0.25) is 0 Å². The average molecular weight is 238 g/mol. The smallest absolute Gasteiger partial charge is 0.106 e. The lowest BCUT2D eigenvalue weighted by molar-refractivity contribution is -0.0227. The largest absolute Gasteiger partial charge is 0.386 e. The summed E-state index contributed by atoms with van der Waals surface area (Å²) in [5.41, 5.74) is 2.24. The number of hydrogen-bond donors (Lipinski definition) is 1. The van der Waals surface area contributed by atoms with E-state index >= 15 is 0 Å². The standard InChI is InChI=1S/C13H18O2S/c1-2-10-4-3-5-11(8-10)13(14)12-9-16-7-6-15-12/h3-5,8,12-14H,2,6-7,9H2,1H3. The molecule has 1 heterocycles. The third-order valence-electron chi connectivity index (χ3n) is 2.89. The lowest BCUT2D eigenvalue weighted by Crippen LogP contribution is -2.29. The van der Waals surface area contributed by atoms with E-state index in [2.05, 4.69) is 19.1 Å². The fraction of sp³-hybridized carbons (Fsp3) is 0.538. The fourth-order valence-electron chi connectivity index (χ4n) is 1.90. The number of hydrogen-bond acceptors (Lipinski definition) is 3. The second-order valence-corrected chi connectivity index (χ2v) is 5.18. The number of aliphatic hydroxyl groups excluding tert-OH is 1. The average Bonchev–Trinajstić information content (AvgIpc) is 2.39. The molecule has 3 heteroatoms. The van der Waals surface area contributed by atoms with Crippen LogP contribution in [0.5, 0.6) is 0 Å². The van der Waals surface area contributed by atoms with E-state index in [1.807, 2.05) is 23.9 Å². The maximum atomic E-state index is 10.2. The lowest BCUT2D eigenvalue weighted by atomic mass is 10.0. The highest BCUT2D eigenvalue weighted by atomic mass is 32.2. The normalized spacial score (nSPS) is 23.0. The Kier molecular flexibility index (Phi) is 4.27. The minimum Gasteiger partial charge on any atom is -0.386 e. The third-order valence-corrected chi connectivity index (χ3v) is 3.91. The number of benzene rings is 1. The zero-order chi connectivity index (χ0) is 11.4. The second-order valence-electron chi connectivity index (χ2n) is 4.03. The summed E-state index contributed by atoms with van der Waals surface area (Å²) in [5.74, 6) is 1.93. The Morgan fingerprint density at radius 1 is 1.56 bits per heavy atom. The maximum absolute atomic E-state index is 10.2. The van der Waals surface area contributed by atoms with Crippen LogP contribution in [0.4, 0.5) is 0 Å². The van der Waals surface area contributed by atoms with E-state index in [0.717, 1.165) is 30.1 Å². The zero-order valence-electron chi connectivity index (χ0n) is 9.56. The summed E-state index contributed by atoms with van der Waals surface area (Å²) in [7, 11) is 0. The molecule has 0 saturated carbocycles. The van der Waals surface area contributed by atoms with Gasteiger partial charge < -0.3 is 9.84 Å². The van der Waals surface area contributed by atoms with E-state index in [1.54, 1.807) is 0 Å². The van der Waals surface area contributed by atoms with E-state index in [-0.39, 0.29) is 6.10 Å². The zero-order valence-corrected chi connectivity index (χ0v) is 10.4. The molecule has 1 aliphatic rings. The van der Waals surface area contributed by atoms with Crippen molar-refractivity contribution in [2.45, 2.75) is 25.6 Å². The quantitative estimate of drug-likeness (QED) is 0.877. The number of rotatable bonds is 3. The number of ether oxygens (including phenoxy) is 1. The predicted octanol–water partition coefficient (Wildman–Crippen LogP) is 2.41. The van der Waals surface area contributed by atoms with Gasteiger partial charge in [-0.05, 0) is 17.5 Å². The van der Waals surface area contributed by atoms with Gasteiger partial charge in [0.1, 0.15) is 6.10 Å². The van der Waals surface area contributed by atoms with Gasteiger partial charge in [-0.2, -0.15) is 11.8 Å². The highest BCUT2D eigenvalue weighted by molar-refractivity contribution is 7.99. The molecule has 0 radical (unpaired) electrons. The molecule has 1 aliphatic heterocycles. The van der Waals surface area contributed by atoms with Gasteiger partial charge in [0.25, 0.3) is 0 Å². The van der Waals surface area contributed by atoms with E-state index in [1.165, 1.54) is 5.56 Å². The molecule has 1 fully saturated rings. The molecule has 1 N–H and O–H groups in total. The first-order valence-electron chi connectivity index (χ1n) is 5.77. The molecule has 88 valence electrons. The predicted molar refractivity (Wildman–Crippen MR) is 67.8 cm³/mol. The van der Waals surface area contributed by atoms with E-state index in [9.17, 15) is 5.11 Å². The van der Waals surface area contributed by atoms with E-state index in [0.29, 0.717) is 0 Å². The van der Waals surface area contributed by atoms with Gasteiger partial charge in [-0.1, -0.05) is 31.2 Å². The van der Waals surface area contributed by atoms with Crippen LogP contribution in [0.1, 0.15) is 24.2 Å². The van der Waals surface area contributed by atoms with Crippen LogP contribution >= 0.6 is 11.8 Å². The van der Waals surface area contributed by atoms with Crippen LogP contribution in [0.25, 0.3) is 0 Å². The monoisotopic (exact) mass is 238 g/mol. The first-order valence-corrected chi connectivity index (χ1v) is 6.93. The van der Waals surface area contributed by atoms with Crippen molar-refractivity contribution in [1.82, 2.24) is 0 Å². The van der Waals surface area contributed by atoms with Crippen LogP contribution in [0, 0.1) is 0 Å². The van der Waals surface area contributed by atoms with Crippen molar-refractivity contribution >= 4 is 11.8 Å². The molecule has 0 aliphatic carbocycles. The Labute approximate surface area is 101 Å². The summed E-state index contributed by atoms with van der Waals surface area (Å²) in [6.07, 6.45) is 0.464. The van der Waals surface area contributed by atoms with E-state index < -0.39 is 6.10 Å². The lowest BCUT2D eigenvalue weighted by Gasteiger charge is -2.27. The van der Waals surface area contributed by atoms with Crippen LogP contribution in [0.15, 0.2) is 24.3 Å². The van der Waals surface area contributed by atoms with Crippen LogP contribution < -0.4 is 0 Å². The Balaban J connectivity index is 2.09. The molecule has 2 rings (SSSR count). The molecule has 0 bridgehead atoms. The van der Waals surface area contributed by atoms with Crippen molar-refractivity contribution in [3.05, 3.63) is 35.4 Å². The van der Waals surface area contributed by atoms with Crippen LogP contribution in [-0.2, 0) is 11.2 Å². The molecule has 0 amide bonds. The van der Waals surface area contributed by atoms with Crippen molar-refractivity contribution in [3.8, 4) is 0 Å². The fourth-order valence-corrected chi connectivity index (χ4v) is 2.79. The van der Waals surface area contributed by atoms with Crippen molar-refractivity contribution in [1.29, 1.82) is 0 Å². The van der Waals surface area contributed by atoms with Crippen molar-refractivity contribution in [2.75, 3.05) is 18.1 Å². The van der Waals surface area contributed by atoms with Crippen LogP contribution in [0.3, 0.4) is 0 Å². The molecular formula is C13H18O2S. The van der Waals surface area contributed by atoms with Gasteiger partial charge in [0.05, 0.1) is 12.7 Å². The molecule has 2 nitrogen and oxygen atoms in total. The Hall–Kier alpha value is -0.510. The summed E-state index contributed by atoms with van der Waals surface area (Å²) in [6, 6.07) is 8.15. The van der Waals surface area contributed by atoms with Crippen molar-refractivity contribution < 1.29 is 9.84 Å². The van der Waals surface area contributed by atoms with Gasteiger partial charge in [-0.15, -0.1) is 0 Å². The molecule has 1 aromatic rings. The SMILES string of the molecule is CCc1cccc(C(O)C2CSCCO2)c1. The van der Waals surface area contributed by atoms with Crippen molar-refractivity contribution in [2.24, 2.45) is 0 Å². The summed E-state index contributed by atoms with van der Waals surface area (Å²) in [6.45, 7) is 2.87. The summed E-state index contributed by atoms with van der Waals surface area (Å²) >= 11 is 1.85. The highest BCUT2D eigenvalue weighted by Gasteiger charge is 2.24. The first-order chi connectivity index (χ1) is 7.81. The number of aryl methyl sites for hydroxylation is 1. The molecule has 0 aromatic heterocycles. The Morgan fingerprint density at radius 3 is 3.12 bits per heavy atom. The van der Waals surface area contributed by atoms with Crippen LogP contribution in [-0.4, -0.2) is 29.3 Å². The maximum Gasteiger partial charge on any atom is 0.106 e. The topological polar surface area (TPSA) is 29.5 Å².